The van der Waals surface area contributed by atoms with Crippen LogP contribution in [0, 0.1) is 9.81 Å². The molecule has 0 fully saturated rings. The van der Waals surface area contributed by atoms with E-state index in [1.165, 1.54) is 0 Å². The number of rotatable bonds is 6. The van der Waals surface area contributed by atoms with Gasteiger partial charge in [0.25, 0.3) is 0 Å². The van der Waals surface area contributed by atoms with Gasteiger partial charge in [0.05, 0.1) is 12.6 Å². The molecule has 58 valence electrons. The Bertz CT molecular complexity index is 106. The van der Waals surface area contributed by atoms with Gasteiger partial charge in [0.1, 0.15) is 0 Å². The van der Waals surface area contributed by atoms with Crippen molar-refractivity contribution in [3.05, 3.63) is 9.81 Å². The molecule has 0 aromatic carbocycles. The van der Waals surface area contributed by atoms with Crippen LogP contribution in [0.5, 0.6) is 0 Å². The van der Waals surface area contributed by atoms with Gasteiger partial charge in [-0.15, -0.1) is 0 Å². The molecule has 0 aliphatic heterocycles. The van der Waals surface area contributed by atoms with Gasteiger partial charge in [-0.25, -0.2) is 0 Å². The predicted octanol–water partition coefficient (Wildman–Crippen LogP) is 2.08. The third-order valence-corrected chi connectivity index (χ3v) is 1.32. The standard InChI is InChI=1S/C6H12N2O2/c1-2-3-6(8-10)4-5-7-9/h6H,2-5H2,1H3/t6-/m1/s1. The van der Waals surface area contributed by atoms with E-state index in [4.69, 9.17) is 0 Å². The second-order valence-corrected chi connectivity index (χ2v) is 2.19. The Morgan fingerprint density at radius 3 is 2.40 bits per heavy atom. The minimum atomic E-state index is -0.206. The van der Waals surface area contributed by atoms with E-state index in [0.717, 1.165) is 12.8 Å². The van der Waals surface area contributed by atoms with Gasteiger partial charge < -0.3 is 0 Å². The van der Waals surface area contributed by atoms with Crippen molar-refractivity contribution in [1.82, 2.24) is 0 Å². The average molecular weight is 144 g/mol. The minimum Gasteiger partial charge on any atom is -0.151 e. The van der Waals surface area contributed by atoms with Crippen LogP contribution < -0.4 is 0 Å². The van der Waals surface area contributed by atoms with E-state index in [2.05, 4.69) is 10.4 Å². The van der Waals surface area contributed by atoms with Gasteiger partial charge in [0.2, 0.25) is 0 Å². The van der Waals surface area contributed by atoms with Crippen LogP contribution in [0.2, 0.25) is 0 Å². The van der Waals surface area contributed by atoms with Crippen LogP contribution in [0.15, 0.2) is 10.4 Å². The predicted molar refractivity (Wildman–Crippen MR) is 39.8 cm³/mol. The first-order valence-electron chi connectivity index (χ1n) is 3.46. The Labute approximate surface area is 60.0 Å². The summed E-state index contributed by atoms with van der Waals surface area (Å²) in [5.41, 5.74) is 0. The minimum absolute atomic E-state index is 0.205. The van der Waals surface area contributed by atoms with Gasteiger partial charge in [0.15, 0.2) is 0 Å². The molecule has 0 aromatic rings. The van der Waals surface area contributed by atoms with Gasteiger partial charge in [-0.05, 0) is 12.8 Å². The molecule has 4 heteroatoms. The topological polar surface area (TPSA) is 58.9 Å². The lowest BCUT2D eigenvalue weighted by Gasteiger charge is -2.01. The third kappa shape index (κ3) is 4.12. The first-order chi connectivity index (χ1) is 4.85. The van der Waals surface area contributed by atoms with Crippen molar-refractivity contribution in [2.45, 2.75) is 32.2 Å². The van der Waals surface area contributed by atoms with Gasteiger partial charge in [-0.1, -0.05) is 23.7 Å². The van der Waals surface area contributed by atoms with Crippen LogP contribution in [0.3, 0.4) is 0 Å². The maximum absolute atomic E-state index is 10.0. The maximum Gasteiger partial charge on any atom is 0.0938 e. The van der Waals surface area contributed by atoms with Crippen LogP contribution >= 0.6 is 0 Å². The lowest BCUT2D eigenvalue weighted by molar-refractivity contribution is 0.566. The number of hydrogen-bond donors (Lipinski definition) is 0. The second-order valence-electron chi connectivity index (χ2n) is 2.19. The summed E-state index contributed by atoms with van der Waals surface area (Å²) >= 11 is 0. The Morgan fingerprint density at radius 2 is 2.00 bits per heavy atom. The average Bonchev–Trinajstić information content (AvgIpc) is 1.98. The number of nitroso groups, excluding NO2 is 2. The van der Waals surface area contributed by atoms with E-state index in [0.29, 0.717) is 6.42 Å². The normalized spacial score (nSPS) is 12.5. The summed E-state index contributed by atoms with van der Waals surface area (Å²) in [5, 5.41) is 5.52. The van der Waals surface area contributed by atoms with Gasteiger partial charge in [0, 0.05) is 0 Å². The molecule has 10 heavy (non-hydrogen) atoms. The summed E-state index contributed by atoms with van der Waals surface area (Å²) in [5.74, 6) is 0. The lowest BCUT2D eigenvalue weighted by Crippen LogP contribution is -2.04. The molecule has 0 radical (unpaired) electrons. The van der Waals surface area contributed by atoms with Crippen molar-refractivity contribution >= 4 is 0 Å². The molecular formula is C6H12N2O2. The van der Waals surface area contributed by atoms with Gasteiger partial charge >= 0.3 is 0 Å². The van der Waals surface area contributed by atoms with E-state index in [9.17, 15) is 9.81 Å². The van der Waals surface area contributed by atoms with Crippen molar-refractivity contribution in [3.8, 4) is 0 Å². The molecule has 0 aliphatic carbocycles. The highest BCUT2D eigenvalue weighted by Gasteiger charge is 2.05. The Morgan fingerprint density at radius 1 is 1.30 bits per heavy atom. The van der Waals surface area contributed by atoms with Crippen LogP contribution in [-0.2, 0) is 0 Å². The first kappa shape index (κ1) is 9.20. The molecule has 0 aromatic heterocycles. The molecule has 0 saturated heterocycles. The summed E-state index contributed by atoms with van der Waals surface area (Å²) < 4.78 is 0. The largest absolute Gasteiger partial charge is 0.151 e. The summed E-state index contributed by atoms with van der Waals surface area (Å²) in [4.78, 5) is 19.6. The highest BCUT2D eigenvalue weighted by molar-refractivity contribution is 4.65. The van der Waals surface area contributed by atoms with E-state index in [1.807, 2.05) is 6.92 Å². The monoisotopic (exact) mass is 144 g/mol. The van der Waals surface area contributed by atoms with Crippen LogP contribution in [-0.4, -0.2) is 12.6 Å². The number of nitrogens with zero attached hydrogens (tertiary/aromatic N) is 2. The molecule has 0 bridgehead atoms. The Balaban J connectivity index is 3.38. The van der Waals surface area contributed by atoms with Crippen molar-refractivity contribution in [2.75, 3.05) is 6.54 Å². The fourth-order valence-electron chi connectivity index (χ4n) is 0.785. The van der Waals surface area contributed by atoms with Gasteiger partial charge in [-0.2, -0.15) is 9.81 Å². The SMILES string of the molecule is CCC[C@H](CCN=O)N=O. The van der Waals surface area contributed by atoms with Crippen molar-refractivity contribution in [3.63, 3.8) is 0 Å². The van der Waals surface area contributed by atoms with E-state index < -0.39 is 0 Å². The first-order valence-corrected chi connectivity index (χ1v) is 3.46. The summed E-state index contributed by atoms with van der Waals surface area (Å²) in [6.07, 6.45) is 2.19. The van der Waals surface area contributed by atoms with E-state index >= 15 is 0 Å². The van der Waals surface area contributed by atoms with Crippen molar-refractivity contribution < 1.29 is 0 Å². The zero-order valence-corrected chi connectivity index (χ0v) is 6.12. The fourth-order valence-corrected chi connectivity index (χ4v) is 0.785. The van der Waals surface area contributed by atoms with Gasteiger partial charge in [-0.3, -0.25) is 0 Å². The molecule has 0 aliphatic rings. The molecular weight excluding hydrogens is 132 g/mol. The zero-order chi connectivity index (χ0) is 7.82. The zero-order valence-electron chi connectivity index (χ0n) is 6.12. The van der Waals surface area contributed by atoms with Crippen molar-refractivity contribution in [1.29, 1.82) is 0 Å². The molecule has 1 atom stereocenters. The molecule has 0 amide bonds. The maximum atomic E-state index is 10.0. The fraction of sp³-hybridized carbons (Fsp3) is 1.00. The van der Waals surface area contributed by atoms with E-state index in [1.54, 1.807) is 0 Å². The lowest BCUT2D eigenvalue weighted by atomic mass is 10.1. The smallest absolute Gasteiger partial charge is 0.0938 e. The molecule has 0 unspecified atom stereocenters. The van der Waals surface area contributed by atoms with Crippen LogP contribution in [0.1, 0.15) is 26.2 Å². The molecule has 4 nitrogen and oxygen atoms in total. The number of hydrogen-bond acceptors (Lipinski definition) is 4. The summed E-state index contributed by atoms with van der Waals surface area (Å²) in [6.45, 7) is 2.18. The highest BCUT2D eigenvalue weighted by Crippen LogP contribution is 2.05. The Hall–Kier alpha value is -0.800. The molecule has 0 heterocycles. The Kier molecular flexibility index (Phi) is 5.82. The second kappa shape index (κ2) is 6.32. The summed E-state index contributed by atoms with van der Waals surface area (Å²) in [7, 11) is 0. The third-order valence-electron chi connectivity index (χ3n) is 1.32. The molecule has 0 spiro atoms. The quantitative estimate of drug-likeness (QED) is 0.536. The molecule has 0 rings (SSSR count). The van der Waals surface area contributed by atoms with Crippen LogP contribution in [0.25, 0.3) is 0 Å². The van der Waals surface area contributed by atoms with Crippen LogP contribution in [0.4, 0.5) is 0 Å². The molecule has 0 N–H and O–H groups in total. The van der Waals surface area contributed by atoms with Crippen molar-refractivity contribution in [2.24, 2.45) is 10.4 Å². The molecule has 0 saturated carbocycles. The highest BCUT2D eigenvalue weighted by atomic mass is 16.3. The van der Waals surface area contributed by atoms with E-state index in [-0.39, 0.29) is 12.6 Å². The summed E-state index contributed by atoms with van der Waals surface area (Å²) in [6, 6.07) is -0.206.